The minimum atomic E-state index is -0.0832. The monoisotopic (exact) mass is 401 g/mol. The molecule has 0 atom stereocenters. The van der Waals surface area contributed by atoms with Crippen LogP contribution in [-0.2, 0) is 24.4 Å². The summed E-state index contributed by atoms with van der Waals surface area (Å²) in [5.74, 6) is -0.151. The Labute approximate surface area is 172 Å². The number of carbonyl (C=O) groups excluding carboxylic acids is 2. The van der Waals surface area contributed by atoms with E-state index in [1.54, 1.807) is 11.3 Å². The molecule has 2 aromatic heterocycles. The van der Waals surface area contributed by atoms with Crippen LogP contribution >= 0.6 is 11.3 Å². The lowest BCUT2D eigenvalue weighted by Gasteiger charge is -2.12. The molecule has 0 saturated heterocycles. The highest BCUT2D eigenvalue weighted by molar-refractivity contribution is 7.13. The van der Waals surface area contributed by atoms with Gasteiger partial charge in [-0.3, -0.25) is 9.59 Å². The summed E-state index contributed by atoms with van der Waals surface area (Å²) in [4.78, 5) is 26.0. The van der Waals surface area contributed by atoms with Gasteiger partial charge in [0.25, 0.3) is 5.91 Å². The van der Waals surface area contributed by atoms with Crippen molar-refractivity contribution >= 4 is 34.1 Å². The van der Waals surface area contributed by atoms with E-state index in [9.17, 15) is 9.59 Å². The molecule has 3 heterocycles. The summed E-state index contributed by atoms with van der Waals surface area (Å²) in [6.45, 7) is 1.11. The number of amides is 2. The maximum atomic E-state index is 12.8. The number of thiophene rings is 1. The van der Waals surface area contributed by atoms with Crippen molar-refractivity contribution in [1.82, 2.24) is 15.2 Å². The van der Waals surface area contributed by atoms with E-state index in [2.05, 4.69) is 33.4 Å². The van der Waals surface area contributed by atoms with Crippen LogP contribution in [0.4, 0.5) is 0 Å². The molecule has 0 aliphatic carbocycles. The highest BCUT2D eigenvalue weighted by atomic mass is 32.1. The Balaban J connectivity index is 1.40. The van der Waals surface area contributed by atoms with E-state index in [-0.39, 0.29) is 18.4 Å². The Bertz CT molecular complexity index is 1220. The predicted octanol–water partition coefficient (Wildman–Crippen LogP) is 3.93. The molecule has 5 nitrogen and oxygen atoms in total. The van der Waals surface area contributed by atoms with Crippen LogP contribution in [0, 0.1) is 0 Å². The molecule has 2 N–H and O–H groups in total. The first-order valence-electron chi connectivity index (χ1n) is 9.48. The number of nitrogens with one attached hydrogen (secondary N) is 2. The van der Waals surface area contributed by atoms with Crippen molar-refractivity contribution in [2.45, 2.75) is 19.6 Å². The SMILES string of the molecule is O=C(Cn1c(-c2cccs2)cc2ccccc21)NCc1cccc2c1C(=O)NC2. The molecule has 1 aliphatic rings. The first-order valence-corrected chi connectivity index (χ1v) is 10.4. The minimum absolute atomic E-state index is 0.0683. The molecule has 2 amide bonds. The van der Waals surface area contributed by atoms with E-state index in [1.165, 1.54) is 0 Å². The standard InChI is InChI=1S/C23H19N3O2S/c27-21(24-12-16-6-3-7-17-13-25-23(28)22(16)17)14-26-18-8-2-1-5-15(18)11-19(26)20-9-4-10-29-20/h1-11H,12-14H2,(H,24,27)(H,25,28). The number of fused-ring (bicyclic) bond motifs is 2. The van der Waals surface area contributed by atoms with Crippen LogP contribution in [0.3, 0.4) is 0 Å². The number of aromatic nitrogens is 1. The summed E-state index contributed by atoms with van der Waals surface area (Å²) in [6.07, 6.45) is 0. The number of benzene rings is 2. The molecular weight excluding hydrogens is 382 g/mol. The summed E-state index contributed by atoms with van der Waals surface area (Å²) in [5.41, 5.74) is 4.60. The van der Waals surface area contributed by atoms with E-state index < -0.39 is 0 Å². The maximum Gasteiger partial charge on any atom is 0.252 e. The van der Waals surface area contributed by atoms with E-state index in [0.29, 0.717) is 18.7 Å². The van der Waals surface area contributed by atoms with Gasteiger partial charge in [-0.15, -0.1) is 11.3 Å². The Morgan fingerprint density at radius 3 is 2.86 bits per heavy atom. The lowest BCUT2D eigenvalue weighted by molar-refractivity contribution is -0.121. The summed E-state index contributed by atoms with van der Waals surface area (Å²) < 4.78 is 2.05. The Morgan fingerprint density at radius 1 is 1.10 bits per heavy atom. The molecule has 1 aliphatic heterocycles. The van der Waals surface area contributed by atoms with Gasteiger partial charge in [-0.05, 0) is 34.7 Å². The maximum absolute atomic E-state index is 12.8. The Morgan fingerprint density at radius 2 is 2.00 bits per heavy atom. The van der Waals surface area contributed by atoms with E-state index in [0.717, 1.165) is 32.6 Å². The van der Waals surface area contributed by atoms with Crippen LogP contribution in [0.5, 0.6) is 0 Å². The number of hydrogen-bond acceptors (Lipinski definition) is 3. The van der Waals surface area contributed by atoms with Gasteiger partial charge in [-0.25, -0.2) is 0 Å². The summed E-state index contributed by atoms with van der Waals surface area (Å²) in [6, 6.07) is 20.1. The van der Waals surface area contributed by atoms with Crippen LogP contribution < -0.4 is 10.6 Å². The van der Waals surface area contributed by atoms with E-state index in [1.807, 2.05) is 47.8 Å². The van der Waals surface area contributed by atoms with Crippen molar-refractivity contribution in [3.05, 3.63) is 82.7 Å². The third-order valence-corrected chi connectivity index (χ3v) is 6.16. The third-order valence-electron chi connectivity index (χ3n) is 5.27. The molecule has 0 spiro atoms. The van der Waals surface area contributed by atoms with Crippen LogP contribution in [0.2, 0.25) is 0 Å². The van der Waals surface area contributed by atoms with Gasteiger partial charge in [0.15, 0.2) is 0 Å². The van der Waals surface area contributed by atoms with Gasteiger partial charge >= 0.3 is 0 Å². The highest BCUT2D eigenvalue weighted by Gasteiger charge is 2.22. The zero-order chi connectivity index (χ0) is 19.8. The molecule has 0 radical (unpaired) electrons. The van der Waals surface area contributed by atoms with Crippen molar-refractivity contribution in [2.75, 3.05) is 0 Å². The molecular formula is C23H19N3O2S. The van der Waals surface area contributed by atoms with Crippen LogP contribution in [0.25, 0.3) is 21.5 Å². The zero-order valence-electron chi connectivity index (χ0n) is 15.6. The first kappa shape index (κ1) is 17.7. The number of hydrogen-bond donors (Lipinski definition) is 2. The van der Waals surface area contributed by atoms with Crippen molar-refractivity contribution in [2.24, 2.45) is 0 Å². The second kappa shape index (κ2) is 7.22. The lowest BCUT2D eigenvalue weighted by atomic mass is 10.0. The van der Waals surface area contributed by atoms with Gasteiger partial charge in [-0.2, -0.15) is 0 Å². The summed E-state index contributed by atoms with van der Waals surface area (Å²) in [5, 5.41) is 8.98. The topological polar surface area (TPSA) is 63.1 Å². The van der Waals surface area contributed by atoms with E-state index >= 15 is 0 Å². The van der Waals surface area contributed by atoms with Gasteiger partial charge in [0.2, 0.25) is 5.91 Å². The van der Waals surface area contributed by atoms with Crippen molar-refractivity contribution in [1.29, 1.82) is 0 Å². The van der Waals surface area contributed by atoms with Gasteiger partial charge < -0.3 is 15.2 Å². The smallest absolute Gasteiger partial charge is 0.252 e. The molecule has 144 valence electrons. The summed E-state index contributed by atoms with van der Waals surface area (Å²) >= 11 is 1.66. The molecule has 0 unspecified atom stereocenters. The van der Waals surface area contributed by atoms with Crippen LogP contribution in [0.1, 0.15) is 21.5 Å². The average molecular weight is 401 g/mol. The van der Waals surface area contributed by atoms with Gasteiger partial charge in [-0.1, -0.05) is 42.5 Å². The van der Waals surface area contributed by atoms with Crippen LogP contribution in [0.15, 0.2) is 66.0 Å². The van der Waals surface area contributed by atoms with Gasteiger partial charge in [0.1, 0.15) is 6.54 Å². The third kappa shape index (κ3) is 3.21. The van der Waals surface area contributed by atoms with Crippen molar-refractivity contribution in [3.8, 4) is 10.6 Å². The first-order chi connectivity index (χ1) is 14.2. The number of rotatable bonds is 5. The quantitative estimate of drug-likeness (QED) is 0.532. The molecule has 0 saturated carbocycles. The normalized spacial score (nSPS) is 12.8. The second-order valence-electron chi connectivity index (χ2n) is 7.06. The Hall–Kier alpha value is -3.38. The molecule has 2 aromatic carbocycles. The fourth-order valence-electron chi connectivity index (χ4n) is 3.91. The summed E-state index contributed by atoms with van der Waals surface area (Å²) in [7, 11) is 0. The molecule has 6 heteroatoms. The molecule has 29 heavy (non-hydrogen) atoms. The highest BCUT2D eigenvalue weighted by Crippen LogP contribution is 2.31. The number of nitrogens with zero attached hydrogens (tertiary/aromatic N) is 1. The van der Waals surface area contributed by atoms with Gasteiger partial charge in [0, 0.05) is 29.6 Å². The minimum Gasteiger partial charge on any atom is -0.350 e. The molecule has 0 fully saturated rings. The fraction of sp³-hybridized carbons (Fsp3) is 0.130. The van der Waals surface area contributed by atoms with Crippen molar-refractivity contribution < 1.29 is 9.59 Å². The predicted molar refractivity (Wildman–Crippen MR) is 115 cm³/mol. The largest absolute Gasteiger partial charge is 0.350 e. The zero-order valence-corrected chi connectivity index (χ0v) is 16.5. The molecule has 0 bridgehead atoms. The van der Waals surface area contributed by atoms with Gasteiger partial charge in [0.05, 0.1) is 10.6 Å². The van der Waals surface area contributed by atoms with Crippen molar-refractivity contribution in [3.63, 3.8) is 0 Å². The number of para-hydroxylation sites is 1. The second-order valence-corrected chi connectivity index (χ2v) is 8.01. The average Bonchev–Trinajstić information content (AvgIpc) is 3.46. The lowest BCUT2D eigenvalue weighted by Crippen LogP contribution is -2.28. The molecule has 5 rings (SSSR count). The number of carbonyl (C=O) groups is 2. The van der Waals surface area contributed by atoms with Crippen LogP contribution in [-0.4, -0.2) is 16.4 Å². The van der Waals surface area contributed by atoms with E-state index in [4.69, 9.17) is 0 Å². The Kier molecular flexibility index (Phi) is 4.41. The fourth-order valence-corrected chi connectivity index (χ4v) is 4.66. The molecule has 4 aromatic rings.